The monoisotopic (exact) mass is 436 g/mol. The van der Waals surface area contributed by atoms with Crippen molar-refractivity contribution < 1.29 is 32.2 Å². The number of Topliss-reactive ketones (excluding diaryl/α,β-unsaturated/α-hetero) is 1. The number of benzene rings is 2. The van der Waals surface area contributed by atoms with Crippen molar-refractivity contribution >= 4 is 38.9 Å². The maximum atomic E-state index is 12.4. The van der Waals surface area contributed by atoms with Gasteiger partial charge in [0.1, 0.15) is 10.6 Å². The van der Waals surface area contributed by atoms with E-state index in [1.165, 1.54) is 19.2 Å². The van der Waals surface area contributed by atoms with E-state index in [-0.39, 0.29) is 0 Å². The van der Waals surface area contributed by atoms with Crippen molar-refractivity contribution in [3.63, 3.8) is 0 Å². The molecule has 158 valence electrons. The Kier molecular flexibility index (Phi) is 6.92. The molecule has 2 rings (SSSR count). The van der Waals surface area contributed by atoms with Gasteiger partial charge in [0, 0.05) is 11.8 Å². The van der Waals surface area contributed by atoms with Gasteiger partial charge >= 0.3 is 0 Å². The first-order valence-corrected chi connectivity index (χ1v) is 9.59. The number of rotatable bonds is 8. The predicted octanol–water partition coefficient (Wildman–Crippen LogP) is 2.53. The fourth-order valence-corrected chi connectivity index (χ4v) is 2.72. The number of hydrogen-bond acceptors (Lipinski definition) is 9. The normalized spacial score (nSPS) is 12.4. The second-order valence-electron chi connectivity index (χ2n) is 5.83. The Morgan fingerprint density at radius 1 is 1.20 bits per heavy atom. The average molecular weight is 436 g/mol. The zero-order valence-corrected chi connectivity index (χ0v) is 16.5. The molecule has 12 nitrogen and oxygen atoms in total. The van der Waals surface area contributed by atoms with Crippen LogP contribution in [0.2, 0.25) is 0 Å². The lowest BCUT2D eigenvalue weighted by Crippen LogP contribution is -2.31. The van der Waals surface area contributed by atoms with Crippen LogP contribution in [0.25, 0.3) is 0 Å². The fraction of sp³-hybridized carbons (Fsp3) is 0.176. The van der Waals surface area contributed by atoms with Gasteiger partial charge in [0.15, 0.2) is 11.5 Å². The van der Waals surface area contributed by atoms with Gasteiger partial charge < -0.3 is 10.1 Å². The second-order valence-corrected chi connectivity index (χ2v) is 7.25. The number of nitrogens with zero attached hydrogens (tertiary/aromatic N) is 3. The summed E-state index contributed by atoms with van der Waals surface area (Å²) < 4.78 is 36.3. The Bertz CT molecular complexity index is 1110. The van der Waals surface area contributed by atoms with Crippen LogP contribution >= 0.6 is 0 Å². The highest BCUT2D eigenvalue weighted by Gasteiger charge is 2.25. The van der Waals surface area contributed by atoms with E-state index in [0.29, 0.717) is 17.5 Å². The van der Waals surface area contributed by atoms with Gasteiger partial charge in [-0.05, 0) is 43.3 Å². The molecule has 13 heteroatoms. The molecular formula is C17H16N4O8S. The molecule has 0 spiro atoms. The van der Waals surface area contributed by atoms with Crippen LogP contribution in [-0.2, 0) is 19.7 Å². The Labute approximate surface area is 170 Å². The topological polar surface area (TPSA) is 178 Å². The molecule has 2 aromatic carbocycles. The van der Waals surface area contributed by atoms with Crippen LogP contribution in [0.1, 0.15) is 6.92 Å². The molecule has 0 aromatic heterocycles. The van der Waals surface area contributed by atoms with Crippen molar-refractivity contribution in [3.05, 3.63) is 52.6 Å². The van der Waals surface area contributed by atoms with E-state index in [0.717, 1.165) is 19.1 Å². The first kappa shape index (κ1) is 22.6. The van der Waals surface area contributed by atoms with Gasteiger partial charge in [0.05, 0.1) is 12.0 Å². The summed E-state index contributed by atoms with van der Waals surface area (Å²) in [5.74, 6) is -0.952. The zero-order chi connectivity index (χ0) is 22.5. The van der Waals surface area contributed by atoms with Crippen LogP contribution < -0.4 is 10.1 Å². The summed E-state index contributed by atoms with van der Waals surface area (Å²) in [6, 6.07) is 7.01. The van der Waals surface area contributed by atoms with Crippen molar-refractivity contribution in [1.82, 2.24) is 0 Å². The van der Waals surface area contributed by atoms with Crippen LogP contribution in [0.15, 0.2) is 57.6 Å². The quantitative estimate of drug-likeness (QED) is 0.208. The first-order chi connectivity index (χ1) is 14.0. The number of hydrogen-bond donors (Lipinski definition) is 2. The molecule has 2 aromatic rings. The SMILES string of the molecule is COc1ccc(NC(=O)C(/N=N/c2ccc(S(=O)(=O)O)cc2[N+](=O)[O-])C(C)=O)cc1. The van der Waals surface area contributed by atoms with Gasteiger partial charge in [-0.15, -0.1) is 5.11 Å². The van der Waals surface area contributed by atoms with Crippen LogP contribution in [-0.4, -0.2) is 42.7 Å². The molecule has 0 heterocycles. The molecule has 1 amide bonds. The molecule has 0 aliphatic heterocycles. The number of nitrogens with one attached hydrogen (secondary N) is 1. The number of amides is 1. The Morgan fingerprint density at radius 2 is 1.83 bits per heavy atom. The predicted molar refractivity (Wildman–Crippen MR) is 104 cm³/mol. The van der Waals surface area contributed by atoms with E-state index < -0.39 is 49.0 Å². The van der Waals surface area contributed by atoms with E-state index in [2.05, 4.69) is 15.5 Å². The number of methoxy groups -OCH3 is 1. The van der Waals surface area contributed by atoms with Crippen LogP contribution in [0.4, 0.5) is 17.1 Å². The molecule has 0 saturated heterocycles. The van der Waals surface area contributed by atoms with Gasteiger partial charge in [-0.3, -0.25) is 24.3 Å². The average Bonchev–Trinajstić information content (AvgIpc) is 2.67. The highest BCUT2D eigenvalue weighted by molar-refractivity contribution is 7.85. The third-order valence-electron chi connectivity index (χ3n) is 3.71. The van der Waals surface area contributed by atoms with Gasteiger partial charge in [0.2, 0.25) is 6.04 Å². The molecule has 0 aliphatic carbocycles. The molecule has 2 N–H and O–H groups in total. The van der Waals surface area contributed by atoms with Crippen molar-refractivity contribution in [3.8, 4) is 5.75 Å². The molecule has 0 bridgehead atoms. The lowest BCUT2D eigenvalue weighted by Gasteiger charge is -2.10. The number of carbonyl (C=O) groups is 2. The number of anilines is 1. The van der Waals surface area contributed by atoms with Crippen molar-refractivity contribution in [1.29, 1.82) is 0 Å². The lowest BCUT2D eigenvalue weighted by atomic mass is 10.2. The number of azo groups is 1. The summed E-state index contributed by atoms with van der Waals surface area (Å²) in [7, 11) is -3.20. The lowest BCUT2D eigenvalue weighted by molar-refractivity contribution is -0.384. The minimum absolute atomic E-state index is 0.353. The largest absolute Gasteiger partial charge is 0.497 e. The van der Waals surface area contributed by atoms with E-state index in [4.69, 9.17) is 9.29 Å². The Morgan fingerprint density at radius 3 is 2.33 bits per heavy atom. The van der Waals surface area contributed by atoms with E-state index in [9.17, 15) is 28.1 Å². The smallest absolute Gasteiger partial charge is 0.298 e. The summed E-state index contributed by atoms with van der Waals surface area (Å²) in [5.41, 5.74) is -0.839. The molecule has 0 fully saturated rings. The maximum Gasteiger partial charge on any atom is 0.298 e. The summed E-state index contributed by atoms with van der Waals surface area (Å²) >= 11 is 0. The first-order valence-electron chi connectivity index (χ1n) is 8.15. The molecule has 0 radical (unpaired) electrons. The molecule has 1 unspecified atom stereocenters. The van der Waals surface area contributed by atoms with Crippen molar-refractivity contribution in [2.75, 3.05) is 12.4 Å². The third-order valence-corrected chi connectivity index (χ3v) is 4.56. The minimum Gasteiger partial charge on any atom is -0.497 e. The van der Waals surface area contributed by atoms with Crippen LogP contribution in [0.3, 0.4) is 0 Å². The summed E-state index contributed by atoms with van der Waals surface area (Å²) in [6.07, 6.45) is 0. The highest BCUT2D eigenvalue weighted by Crippen LogP contribution is 2.30. The number of nitro benzene ring substituents is 1. The van der Waals surface area contributed by atoms with Crippen LogP contribution in [0.5, 0.6) is 5.75 Å². The second kappa shape index (κ2) is 9.19. The molecular weight excluding hydrogens is 420 g/mol. The molecule has 1 atom stereocenters. The Balaban J connectivity index is 2.30. The number of carbonyl (C=O) groups excluding carboxylic acids is 2. The van der Waals surface area contributed by atoms with Crippen LogP contribution in [0, 0.1) is 10.1 Å². The molecule has 30 heavy (non-hydrogen) atoms. The van der Waals surface area contributed by atoms with Gasteiger partial charge in [-0.1, -0.05) is 0 Å². The summed E-state index contributed by atoms with van der Waals surface area (Å²) in [4.78, 5) is 33.7. The Hall–Kier alpha value is -3.71. The van der Waals surface area contributed by atoms with Crippen molar-refractivity contribution in [2.24, 2.45) is 10.2 Å². The highest BCUT2D eigenvalue weighted by atomic mass is 32.2. The molecule has 0 aliphatic rings. The summed E-state index contributed by atoms with van der Waals surface area (Å²) in [5, 5.41) is 20.8. The van der Waals surface area contributed by atoms with Crippen molar-refractivity contribution in [2.45, 2.75) is 17.9 Å². The van der Waals surface area contributed by atoms with E-state index in [1.54, 1.807) is 12.1 Å². The minimum atomic E-state index is -4.68. The fourth-order valence-electron chi connectivity index (χ4n) is 2.22. The third kappa shape index (κ3) is 5.65. The maximum absolute atomic E-state index is 12.4. The molecule has 0 saturated carbocycles. The number of ketones is 1. The van der Waals surface area contributed by atoms with E-state index >= 15 is 0 Å². The van der Waals surface area contributed by atoms with E-state index in [1.807, 2.05) is 0 Å². The number of nitro groups is 1. The zero-order valence-electron chi connectivity index (χ0n) is 15.7. The van der Waals surface area contributed by atoms with Gasteiger partial charge in [-0.25, -0.2) is 0 Å². The van der Waals surface area contributed by atoms with Gasteiger partial charge in [0.25, 0.3) is 21.7 Å². The standard InChI is InChI=1S/C17H16N4O8S/c1-10(22)16(17(23)18-11-3-5-12(29-2)6-4-11)20-19-14-8-7-13(30(26,27)28)9-15(14)21(24)25/h3-9,16H,1-2H3,(H,18,23)(H,26,27,28)/b20-19+. The summed E-state index contributed by atoms with van der Waals surface area (Å²) in [6.45, 7) is 1.09. The number of ether oxygens (including phenoxy) is 1. The van der Waals surface area contributed by atoms with Gasteiger partial charge in [-0.2, -0.15) is 13.5 Å².